The van der Waals surface area contributed by atoms with Crippen molar-refractivity contribution < 1.29 is 0 Å². The van der Waals surface area contributed by atoms with Crippen molar-refractivity contribution in [1.29, 1.82) is 0 Å². The molecule has 11 rings (SSSR count). The van der Waals surface area contributed by atoms with E-state index in [2.05, 4.69) is 207 Å². The van der Waals surface area contributed by atoms with E-state index in [1.165, 1.54) is 86.2 Å². The van der Waals surface area contributed by atoms with Crippen LogP contribution < -0.4 is 4.90 Å². The standard InChI is InChI=1S/C53H37NS/c1-53(2)47-20-10-7-18-43(47)46-33-40(29-30-48(46)53)54(49-21-11-8-16-41(49)38-24-23-34-13-3-4-14-36(34)31-38)39-27-25-35(26-28-39)45-32-37-15-5-6-17-42(37)52-51(45)44-19-9-12-22-50(44)55-52/h3-33H,1-2H3. The number of rotatable bonds is 5. The smallest absolute Gasteiger partial charge is 0.0540 e. The number of hydrogen-bond donors (Lipinski definition) is 0. The summed E-state index contributed by atoms with van der Waals surface area (Å²) in [4.78, 5) is 2.46. The van der Waals surface area contributed by atoms with Crippen LogP contribution in [0.3, 0.4) is 0 Å². The van der Waals surface area contributed by atoms with Crippen LogP contribution in [0, 0.1) is 0 Å². The number of fused-ring (bicyclic) bond motifs is 9. The summed E-state index contributed by atoms with van der Waals surface area (Å²) in [6.45, 7) is 4.70. The molecule has 0 atom stereocenters. The molecule has 0 saturated carbocycles. The predicted molar refractivity (Wildman–Crippen MR) is 237 cm³/mol. The molecule has 0 N–H and O–H groups in total. The Kier molecular flexibility index (Phi) is 7.14. The summed E-state index contributed by atoms with van der Waals surface area (Å²) in [5, 5.41) is 7.73. The van der Waals surface area contributed by atoms with Gasteiger partial charge < -0.3 is 4.90 Å². The Hall–Kier alpha value is -6.48. The SMILES string of the molecule is CC1(C)c2ccccc2-c2cc(N(c3ccc(-c4cc5ccccc5c5sc6ccccc6c45)cc3)c3ccccc3-c3ccc4ccccc4c3)ccc21. The van der Waals surface area contributed by atoms with E-state index in [-0.39, 0.29) is 5.41 Å². The molecule has 0 unspecified atom stereocenters. The molecule has 2 heteroatoms. The first-order valence-electron chi connectivity index (χ1n) is 19.1. The second kappa shape index (κ2) is 12.3. The maximum atomic E-state index is 2.46. The van der Waals surface area contributed by atoms with Crippen molar-refractivity contribution in [2.75, 3.05) is 4.90 Å². The van der Waals surface area contributed by atoms with E-state index >= 15 is 0 Å². The average Bonchev–Trinajstić information content (AvgIpc) is 3.74. The molecule has 0 bridgehead atoms. The van der Waals surface area contributed by atoms with Crippen LogP contribution in [0.5, 0.6) is 0 Å². The van der Waals surface area contributed by atoms with Crippen LogP contribution in [0.25, 0.3) is 75.1 Å². The highest BCUT2D eigenvalue weighted by atomic mass is 32.1. The van der Waals surface area contributed by atoms with Gasteiger partial charge in [0.25, 0.3) is 0 Å². The van der Waals surface area contributed by atoms with E-state index in [0.717, 1.165) is 17.1 Å². The van der Waals surface area contributed by atoms with Crippen LogP contribution in [0.2, 0.25) is 0 Å². The lowest BCUT2D eigenvalue weighted by Crippen LogP contribution is -2.15. The van der Waals surface area contributed by atoms with E-state index in [0.29, 0.717) is 0 Å². The first kappa shape index (κ1) is 32.0. The van der Waals surface area contributed by atoms with E-state index in [1.807, 2.05) is 11.3 Å². The second-order valence-corrected chi connectivity index (χ2v) is 16.4. The number of anilines is 3. The van der Waals surface area contributed by atoms with Crippen molar-refractivity contribution in [3.8, 4) is 33.4 Å². The summed E-state index contributed by atoms with van der Waals surface area (Å²) in [5.74, 6) is 0. The molecular formula is C53H37NS. The van der Waals surface area contributed by atoms with Gasteiger partial charge in [0.15, 0.2) is 0 Å². The van der Waals surface area contributed by atoms with Gasteiger partial charge in [0.2, 0.25) is 0 Å². The van der Waals surface area contributed by atoms with Crippen molar-refractivity contribution in [3.05, 3.63) is 199 Å². The minimum atomic E-state index is -0.0586. The Balaban J connectivity index is 1.11. The second-order valence-electron chi connectivity index (χ2n) is 15.3. The van der Waals surface area contributed by atoms with Gasteiger partial charge in [0.1, 0.15) is 0 Å². The maximum Gasteiger partial charge on any atom is 0.0540 e. The predicted octanol–water partition coefficient (Wildman–Crippen LogP) is 15.5. The fourth-order valence-electron chi connectivity index (χ4n) is 9.12. The van der Waals surface area contributed by atoms with Gasteiger partial charge >= 0.3 is 0 Å². The van der Waals surface area contributed by atoms with Crippen molar-refractivity contribution in [3.63, 3.8) is 0 Å². The fraction of sp³-hybridized carbons (Fsp3) is 0.0566. The Morgan fingerprint density at radius 3 is 1.91 bits per heavy atom. The molecule has 0 aliphatic heterocycles. The van der Waals surface area contributed by atoms with Gasteiger partial charge in [-0.15, -0.1) is 11.3 Å². The fourth-order valence-corrected chi connectivity index (χ4v) is 10.4. The van der Waals surface area contributed by atoms with Crippen LogP contribution in [0.15, 0.2) is 188 Å². The summed E-state index contributed by atoms with van der Waals surface area (Å²) < 4.78 is 2.68. The monoisotopic (exact) mass is 719 g/mol. The minimum Gasteiger partial charge on any atom is -0.310 e. The molecule has 1 aliphatic rings. The van der Waals surface area contributed by atoms with Crippen molar-refractivity contribution in [2.45, 2.75) is 19.3 Å². The average molecular weight is 720 g/mol. The maximum absolute atomic E-state index is 2.46. The van der Waals surface area contributed by atoms with Crippen LogP contribution >= 0.6 is 11.3 Å². The molecule has 55 heavy (non-hydrogen) atoms. The summed E-state index contributed by atoms with van der Waals surface area (Å²) in [6, 6.07) is 69.6. The highest BCUT2D eigenvalue weighted by molar-refractivity contribution is 7.26. The highest BCUT2D eigenvalue weighted by Crippen LogP contribution is 2.52. The van der Waals surface area contributed by atoms with Gasteiger partial charge in [0.05, 0.1) is 5.69 Å². The van der Waals surface area contributed by atoms with Crippen LogP contribution in [-0.2, 0) is 5.41 Å². The third-order valence-electron chi connectivity index (χ3n) is 11.8. The molecular weight excluding hydrogens is 683 g/mol. The van der Waals surface area contributed by atoms with Crippen molar-refractivity contribution >= 4 is 70.1 Å². The lowest BCUT2D eigenvalue weighted by atomic mass is 9.82. The largest absolute Gasteiger partial charge is 0.310 e. The molecule has 0 saturated heterocycles. The zero-order valence-electron chi connectivity index (χ0n) is 30.8. The summed E-state index contributed by atoms with van der Waals surface area (Å²) in [7, 11) is 0. The van der Waals surface area contributed by atoms with Crippen LogP contribution in [-0.4, -0.2) is 0 Å². The number of thiophene rings is 1. The van der Waals surface area contributed by atoms with Gasteiger partial charge in [-0.05, 0) is 109 Å². The third kappa shape index (κ3) is 4.99. The van der Waals surface area contributed by atoms with Crippen molar-refractivity contribution in [1.82, 2.24) is 0 Å². The minimum absolute atomic E-state index is 0.0586. The molecule has 10 aromatic rings. The normalized spacial score (nSPS) is 13.1. The summed E-state index contributed by atoms with van der Waals surface area (Å²) in [5.41, 5.74) is 13.6. The van der Waals surface area contributed by atoms with Crippen LogP contribution in [0.1, 0.15) is 25.0 Å². The molecule has 0 radical (unpaired) electrons. The van der Waals surface area contributed by atoms with Crippen LogP contribution in [0.4, 0.5) is 17.1 Å². The van der Waals surface area contributed by atoms with E-state index < -0.39 is 0 Å². The molecule has 0 fully saturated rings. The molecule has 1 nitrogen and oxygen atoms in total. The number of para-hydroxylation sites is 1. The Morgan fingerprint density at radius 2 is 1.05 bits per heavy atom. The highest BCUT2D eigenvalue weighted by Gasteiger charge is 2.35. The number of hydrogen-bond acceptors (Lipinski definition) is 2. The zero-order chi connectivity index (χ0) is 36.7. The number of benzene rings is 9. The van der Waals surface area contributed by atoms with Crippen molar-refractivity contribution in [2.24, 2.45) is 0 Å². The van der Waals surface area contributed by atoms with E-state index in [1.54, 1.807) is 0 Å². The Labute approximate surface area is 325 Å². The molecule has 1 aliphatic carbocycles. The molecule has 260 valence electrons. The third-order valence-corrected chi connectivity index (χ3v) is 13.0. The molecule has 0 amide bonds. The molecule has 9 aromatic carbocycles. The molecule has 1 aromatic heterocycles. The van der Waals surface area contributed by atoms with Gasteiger partial charge in [-0.25, -0.2) is 0 Å². The zero-order valence-corrected chi connectivity index (χ0v) is 31.6. The number of nitrogens with zero attached hydrogens (tertiary/aromatic N) is 1. The van der Waals surface area contributed by atoms with E-state index in [4.69, 9.17) is 0 Å². The Bertz CT molecular complexity index is 3130. The van der Waals surface area contributed by atoms with E-state index in [9.17, 15) is 0 Å². The Morgan fingerprint density at radius 1 is 0.418 bits per heavy atom. The van der Waals surface area contributed by atoms with Gasteiger partial charge in [-0.1, -0.05) is 153 Å². The summed E-state index contributed by atoms with van der Waals surface area (Å²) in [6.07, 6.45) is 0. The van der Waals surface area contributed by atoms with Gasteiger partial charge in [-0.2, -0.15) is 0 Å². The van der Waals surface area contributed by atoms with Gasteiger partial charge in [-0.3, -0.25) is 0 Å². The molecule has 0 spiro atoms. The quantitative estimate of drug-likeness (QED) is 0.171. The van der Waals surface area contributed by atoms with Gasteiger partial charge in [0, 0.05) is 42.5 Å². The lowest BCUT2D eigenvalue weighted by molar-refractivity contribution is 0.660. The first-order valence-corrected chi connectivity index (χ1v) is 19.9. The topological polar surface area (TPSA) is 3.24 Å². The summed E-state index contributed by atoms with van der Waals surface area (Å²) >= 11 is 1.90. The molecule has 1 heterocycles. The lowest BCUT2D eigenvalue weighted by Gasteiger charge is -2.29. The first-order chi connectivity index (χ1) is 27.0.